The van der Waals surface area contributed by atoms with Gasteiger partial charge in [0.25, 0.3) is 0 Å². The van der Waals surface area contributed by atoms with Crippen molar-refractivity contribution < 1.29 is 46.0 Å². The molecule has 4 nitrogen and oxygen atoms in total. The van der Waals surface area contributed by atoms with Crippen molar-refractivity contribution in [3.05, 3.63) is 0 Å². The second kappa shape index (κ2) is 10.8. The topological polar surface area (TPSA) is 74.6 Å². The van der Waals surface area contributed by atoms with Crippen LogP contribution in [0, 0.1) is 5.92 Å². The summed E-state index contributed by atoms with van der Waals surface area (Å²) < 4.78 is 0. The Hall–Kier alpha value is -0.177. The monoisotopic (exact) mass is 252 g/mol. The maximum Gasteiger partial charge on any atom is 0.305 e. The van der Waals surface area contributed by atoms with Gasteiger partial charge in [-0.15, -0.1) is 0 Å². The third kappa shape index (κ3) is 22.6. The molecule has 0 atom stereocenters. The minimum Gasteiger partial charge on any atom is -0.481 e. The first kappa shape index (κ1) is 17.8. The molecular formula is C7H14O4Zr. The summed E-state index contributed by atoms with van der Waals surface area (Å²) in [5, 5.41) is 15.7. The van der Waals surface area contributed by atoms with Crippen molar-refractivity contribution in [2.75, 3.05) is 0 Å². The van der Waals surface area contributed by atoms with Gasteiger partial charge in [0.05, 0.1) is 5.92 Å². The Labute approximate surface area is 91.1 Å². The molecule has 12 heavy (non-hydrogen) atoms. The molecule has 0 aromatic carbocycles. The SMILES string of the molecule is CC(C)C(=O)O.CCC(=O)O.[Zr]. The van der Waals surface area contributed by atoms with Crippen LogP contribution in [0.2, 0.25) is 0 Å². The van der Waals surface area contributed by atoms with Gasteiger partial charge in [-0.3, -0.25) is 9.59 Å². The molecule has 0 aliphatic rings. The van der Waals surface area contributed by atoms with E-state index in [0.29, 0.717) is 0 Å². The van der Waals surface area contributed by atoms with Crippen LogP contribution >= 0.6 is 0 Å². The van der Waals surface area contributed by atoms with Crippen LogP contribution in [-0.4, -0.2) is 22.2 Å². The zero-order chi connectivity index (χ0) is 9.44. The average molecular weight is 253 g/mol. The molecule has 0 radical (unpaired) electrons. The average Bonchev–Trinajstić information content (AvgIpc) is 1.89. The van der Waals surface area contributed by atoms with Gasteiger partial charge in [0.1, 0.15) is 0 Å². The zero-order valence-corrected chi connectivity index (χ0v) is 9.95. The summed E-state index contributed by atoms with van der Waals surface area (Å²) in [5.74, 6) is -1.72. The molecule has 0 fully saturated rings. The van der Waals surface area contributed by atoms with Crippen molar-refractivity contribution in [1.82, 2.24) is 0 Å². The van der Waals surface area contributed by atoms with Gasteiger partial charge < -0.3 is 10.2 Å². The van der Waals surface area contributed by atoms with Crippen molar-refractivity contribution in [3.63, 3.8) is 0 Å². The molecule has 0 aliphatic heterocycles. The molecule has 0 rings (SSSR count). The van der Waals surface area contributed by atoms with Gasteiger partial charge in [0.2, 0.25) is 0 Å². The molecule has 2 N–H and O–H groups in total. The normalized spacial score (nSPS) is 7.67. The maximum atomic E-state index is 9.70. The van der Waals surface area contributed by atoms with Crippen LogP contribution in [-0.2, 0) is 35.8 Å². The third-order valence-electron chi connectivity index (χ3n) is 0.796. The smallest absolute Gasteiger partial charge is 0.305 e. The number of aliphatic carboxylic acids is 2. The van der Waals surface area contributed by atoms with E-state index in [9.17, 15) is 9.59 Å². The predicted octanol–water partition coefficient (Wildman–Crippen LogP) is 1.21. The fraction of sp³-hybridized carbons (Fsp3) is 0.714. The van der Waals surface area contributed by atoms with Crippen molar-refractivity contribution in [1.29, 1.82) is 0 Å². The summed E-state index contributed by atoms with van der Waals surface area (Å²) in [4.78, 5) is 19.1. The van der Waals surface area contributed by atoms with E-state index in [-0.39, 0.29) is 38.5 Å². The summed E-state index contributed by atoms with van der Waals surface area (Å²) in [7, 11) is 0. The van der Waals surface area contributed by atoms with E-state index in [4.69, 9.17) is 10.2 Å². The second-order valence-corrected chi connectivity index (χ2v) is 2.24. The number of carboxylic acid groups (broad SMARTS) is 2. The molecule has 0 aliphatic carbocycles. The van der Waals surface area contributed by atoms with E-state index in [1.54, 1.807) is 20.8 Å². The number of hydrogen-bond donors (Lipinski definition) is 2. The molecule has 0 bridgehead atoms. The Morgan fingerprint density at radius 1 is 1.25 bits per heavy atom. The van der Waals surface area contributed by atoms with Gasteiger partial charge in [0, 0.05) is 32.6 Å². The van der Waals surface area contributed by atoms with Crippen LogP contribution in [0.1, 0.15) is 27.2 Å². The van der Waals surface area contributed by atoms with Crippen molar-refractivity contribution in [2.45, 2.75) is 27.2 Å². The maximum absolute atomic E-state index is 9.70. The third-order valence-corrected chi connectivity index (χ3v) is 0.796. The fourth-order valence-electron chi connectivity index (χ4n) is 0. The molecule has 5 heteroatoms. The molecule has 0 heterocycles. The van der Waals surface area contributed by atoms with E-state index in [2.05, 4.69) is 0 Å². The Bertz CT molecular complexity index is 133. The first-order valence-electron chi connectivity index (χ1n) is 3.36. The van der Waals surface area contributed by atoms with Crippen LogP contribution in [0.4, 0.5) is 0 Å². The van der Waals surface area contributed by atoms with Gasteiger partial charge in [-0.05, 0) is 0 Å². The van der Waals surface area contributed by atoms with Crippen molar-refractivity contribution in [2.24, 2.45) is 5.92 Å². The minimum atomic E-state index is -0.745. The first-order chi connectivity index (χ1) is 4.91. The van der Waals surface area contributed by atoms with E-state index in [1.165, 1.54) is 0 Å². The van der Waals surface area contributed by atoms with Crippen LogP contribution < -0.4 is 0 Å². The summed E-state index contributed by atoms with van der Waals surface area (Å²) in [6.07, 6.45) is 0.222. The zero-order valence-electron chi connectivity index (χ0n) is 7.50. The van der Waals surface area contributed by atoms with Crippen molar-refractivity contribution >= 4 is 11.9 Å². The van der Waals surface area contributed by atoms with Crippen molar-refractivity contribution in [3.8, 4) is 0 Å². The van der Waals surface area contributed by atoms with E-state index >= 15 is 0 Å². The molecule has 0 saturated carbocycles. The quantitative estimate of drug-likeness (QED) is 0.775. The van der Waals surface area contributed by atoms with E-state index < -0.39 is 11.9 Å². The Morgan fingerprint density at radius 2 is 1.42 bits per heavy atom. The molecule has 0 saturated heterocycles. The molecule has 0 amide bonds. The summed E-state index contributed by atoms with van der Waals surface area (Å²) in [5.41, 5.74) is 0. The number of hydrogen-bond acceptors (Lipinski definition) is 2. The minimum absolute atomic E-state index is 0. The van der Waals surface area contributed by atoms with Gasteiger partial charge >= 0.3 is 11.9 Å². The molecule has 0 aromatic rings. The van der Waals surface area contributed by atoms with Gasteiger partial charge in [-0.25, -0.2) is 0 Å². The number of rotatable bonds is 2. The molecule has 0 aromatic heterocycles. The van der Waals surface area contributed by atoms with Gasteiger partial charge in [-0.1, -0.05) is 20.8 Å². The van der Waals surface area contributed by atoms with Gasteiger partial charge in [-0.2, -0.15) is 0 Å². The predicted molar refractivity (Wildman–Crippen MR) is 40.4 cm³/mol. The molecule has 0 spiro atoms. The summed E-state index contributed by atoms with van der Waals surface area (Å²) >= 11 is 0. The fourth-order valence-corrected chi connectivity index (χ4v) is 0. The number of carboxylic acids is 2. The second-order valence-electron chi connectivity index (χ2n) is 2.24. The van der Waals surface area contributed by atoms with Crippen LogP contribution in [0.3, 0.4) is 0 Å². The summed E-state index contributed by atoms with van der Waals surface area (Å²) in [6, 6.07) is 0. The van der Waals surface area contributed by atoms with Crippen LogP contribution in [0.15, 0.2) is 0 Å². The van der Waals surface area contributed by atoms with Crippen LogP contribution in [0.25, 0.3) is 0 Å². The Morgan fingerprint density at radius 3 is 1.42 bits per heavy atom. The van der Waals surface area contributed by atoms with E-state index in [0.717, 1.165) is 0 Å². The molecular weight excluding hydrogens is 239 g/mol. The molecule has 70 valence electrons. The Balaban J connectivity index is -0.000000126. The molecule has 0 unspecified atom stereocenters. The number of carbonyl (C=O) groups is 2. The standard InChI is InChI=1S/C4H8O2.C3H6O2.Zr/c1-3(2)4(5)6;1-2-3(4)5;/h3H,1-2H3,(H,5,6);2H2,1H3,(H,4,5);. The largest absolute Gasteiger partial charge is 0.481 e. The van der Waals surface area contributed by atoms with E-state index in [1.807, 2.05) is 0 Å². The van der Waals surface area contributed by atoms with Crippen LogP contribution in [0.5, 0.6) is 0 Å². The Kier molecular flexibility index (Phi) is 16.0. The summed E-state index contributed by atoms with van der Waals surface area (Å²) in [6.45, 7) is 4.88. The van der Waals surface area contributed by atoms with Gasteiger partial charge in [0.15, 0.2) is 0 Å². The first-order valence-corrected chi connectivity index (χ1v) is 3.36.